The molecule has 56 heavy (non-hydrogen) atoms. The van der Waals surface area contributed by atoms with Gasteiger partial charge in [0.2, 0.25) is 11.8 Å². The van der Waals surface area contributed by atoms with E-state index in [4.69, 9.17) is 31.0 Å². The van der Waals surface area contributed by atoms with Crippen molar-refractivity contribution in [2.75, 3.05) is 38.6 Å². The maximum Gasteiger partial charge on any atom is 0.481 e. The monoisotopic (exact) mass is 863 g/mol. The zero-order valence-corrected chi connectivity index (χ0v) is 32.9. The van der Waals surface area contributed by atoms with Gasteiger partial charge in [0.25, 0.3) is 0 Å². The molecule has 2 amide bonds. The van der Waals surface area contributed by atoms with E-state index < -0.39 is 84.6 Å². The third kappa shape index (κ3) is 14.5. The van der Waals surface area contributed by atoms with Crippen LogP contribution >= 0.6 is 23.5 Å². The standard InChI is InChI=1S/C27H48N9O17P3/c1-27(2,22(40)25(41)32-9-6-18(38)31-8-5-16(37)10-15(29)4-3-7-28)12-50-56(47,48)53-55(45,46)49-11-17-21(52-54(42,43)44)20(39)26(51-17)36-14-35-19-23(30)33-13-34-24(19)36/h13-15,17,20-22,26,39-40H,3-12,28-29H2,1-2H3,(H,31,38)(H,32,41)(H,45,46)(H,47,48)(H2,30,33,34)(H2,42,43,44)/t15-,17?,20?,21?,22?,26?/m0/s1. The number of ketones is 1. The highest BCUT2D eigenvalue weighted by molar-refractivity contribution is 7.61. The fourth-order valence-electron chi connectivity index (χ4n) is 5.16. The number of aromatic nitrogens is 4. The second kappa shape index (κ2) is 20.2. The molecule has 1 aliphatic heterocycles. The van der Waals surface area contributed by atoms with Crippen LogP contribution in [0.25, 0.3) is 11.2 Å². The summed E-state index contributed by atoms with van der Waals surface area (Å²) in [6.45, 7) is 0.726. The Kier molecular flexibility index (Phi) is 17.1. The van der Waals surface area contributed by atoms with Crippen molar-refractivity contribution in [1.29, 1.82) is 0 Å². The lowest BCUT2D eigenvalue weighted by atomic mass is 9.87. The van der Waals surface area contributed by atoms with E-state index in [1.807, 2.05) is 0 Å². The summed E-state index contributed by atoms with van der Waals surface area (Å²) in [7, 11) is -16.4. The van der Waals surface area contributed by atoms with Gasteiger partial charge in [-0.15, -0.1) is 0 Å². The third-order valence-electron chi connectivity index (χ3n) is 8.07. The van der Waals surface area contributed by atoms with Gasteiger partial charge in [0.05, 0.1) is 19.5 Å². The molecule has 0 radical (unpaired) electrons. The minimum absolute atomic E-state index is 0.0264. The average Bonchev–Trinajstić information content (AvgIpc) is 3.65. The van der Waals surface area contributed by atoms with Crippen molar-refractivity contribution in [2.45, 2.75) is 82.6 Å². The average molecular weight is 864 g/mol. The molecule has 3 rings (SSSR count). The van der Waals surface area contributed by atoms with Crippen LogP contribution in [0.1, 0.15) is 52.2 Å². The molecule has 1 fully saturated rings. The number of ether oxygens (including phenoxy) is 1. The molecule has 7 unspecified atom stereocenters. The number of carbonyl (C=O) groups excluding carboxylic acids is 3. The maximum atomic E-state index is 12.7. The van der Waals surface area contributed by atoms with E-state index in [2.05, 4.69) is 34.4 Å². The Morgan fingerprint density at radius 2 is 1.70 bits per heavy atom. The molecule has 0 aromatic carbocycles. The highest BCUT2D eigenvalue weighted by atomic mass is 31.3. The molecule has 318 valence electrons. The van der Waals surface area contributed by atoms with Crippen LogP contribution < -0.4 is 27.8 Å². The van der Waals surface area contributed by atoms with Crippen molar-refractivity contribution in [3.8, 4) is 0 Å². The normalized spacial score (nSPS) is 22.2. The first-order chi connectivity index (χ1) is 25.9. The largest absolute Gasteiger partial charge is 0.481 e. The van der Waals surface area contributed by atoms with Gasteiger partial charge in [-0.25, -0.2) is 28.6 Å². The Balaban J connectivity index is 1.49. The smallest absolute Gasteiger partial charge is 0.386 e. The second-order valence-corrected chi connectivity index (χ2v) is 17.5. The lowest BCUT2D eigenvalue weighted by Gasteiger charge is -2.30. The Labute approximate surface area is 319 Å². The number of carbonyl (C=O) groups is 3. The minimum atomic E-state index is -5.58. The molecule has 0 aliphatic carbocycles. The van der Waals surface area contributed by atoms with Gasteiger partial charge in [-0.05, 0) is 19.4 Å². The molecule has 26 nitrogen and oxygen atoms in total. The SMILES string of the molecule is CC(C)(COP(=O)(O)OP(=O)(O)OCC1OC(n2cnc3c(N)ncnc32)C(O)C1OP(=O)(O)O)C(O)C(=O)NCCC(=O)NCCC(=O)C[C@@H](N)CCCN. The molecule has 0 bridgehead atoms. The molecule has 2 aromatic rings. The van der Waals surface area contributed by atoms with E-state index >= 15 is 0 Å². The van der Waals surface area contributed by atoms with Crippen molar-refractivity contribution in [3.05, 3.63) is 12.7 Å². The molecule has 0 saturated carbocycles. The lowest BCUT2D eigenvalue weighted by molar-refractivity contribution is -0.137. The van der Waals surface area contributed by atoms with Crippen LogP contribution in [0.15, 0.2) is 12.7 Å². The number of nitrogens with two attached hydrogens (primary N) is 3. The van der Waals surface area contributed by atoms with Crippen LogP contribution in [0.2, 0.25) is 0 Å². The Morgan fingerprint density at radius 3 is 2.36 bits per heavy atom. The summed E-state index contributed by atoms with van der Waals surface area (Å²) < 4.78 is 62.0. The number of phosphoric acid groups is 3. The molecule has 1 aliphatic rings. The van der Waals surface area contributed by atoms with Crippen LogP contribution in [-0.2, 0) is 50.7 Å². The number of Topliss-reactive ketones (excluding diaryl/α,β-unsaturated/α-hetero) is 1. The molecule has 0 spiro atoms. The summed E-state index contributed by atoms with van der Waals surface area (Å²) in [5.41, 5.74) is 15.5. The van der Waals surface area contributed by atoms with E-state index in [-0.39, 0.29) is 61.2 Å². The number of aliphatic hydroxyl groups is 2. The number of imidazole rings is 1. The molecular formula is C27H48N9O17P3. The number of rotatable bonds is 24. The molecule has 8 atom stereocenters. The zero-order chi connectivity index (χ0) is 42.1. The van der Waals surface area contributed by atoms with Crippen LogP contribution in [0.3, 0.4) is 0 Å². The van der Waals surface area contributed by atoms with Gasteiger partial charge in [-0.1, -0.05) is 13.8 Å². The molecule has 29 heteroatoms. The summed E-state index contributed by atoms with van der Waals surface area (Å²) in [5.74, 6) is -1.68. The van der Waals surface area contributed by atoms with Crippen molar-refractivity contribution in [3.63, 3.8) is 0 Å². The van der Waals surface area contributed by atoms with Gasteiger partial charge in [0, 0.05) is 43.8 Å². The molecule has 3 heterocycles. The Bertz CT molecular complexity index is 1810. The van der Waals surface area contributed by atoms with Gasteiger partial charge in [-0.2, -0.15) is 4.31 Å². The number of fused-ring (bicyclic) bond motifs is 1. The molecule has 14 N–H and O–H groups in total. The highest BCUT2D eigenvalue weighted by Crippen LogP contribution is 2.61. The summed E-state index contributed by atoms with van der Waals surface area (Å²) in [6.07, 6.45) is -5.50. The van der Waals surface area contributed by atoms with Crippen molar-refractivity contribution in [2.24, 2.45) is 16.9 Å². The van der Waals surface area contributed by atoms with Crippen molar-refractivity contribution < 1.29 is 80.5 Å². The van der Waals surface area contributed by atoms with E-state index in [9.17, 15) is 57.9 Å². The van der Waals surface area contributed by atoms with E-state index in [1.165, 1.54) is 13.8 Å². The molecule has 1 saturated heterocycles. The number of aliphatic hydroxyl groups excluding tert-OH is 2. The number of nitrogen functional groups attached to an aromatic ring is 1. The van der Waals surface area contributed by atoms with Gasteiger partial charge in [0.1, 0.15) is 42.0 Å². The van der Waals surface area contributed by atoms with Gasteiger partial charge >= 0.3 is 23.5 Å². The van der Waals surface area contributed by atoms with Crippen molar-refractivity contribution >= 4 is 58.0 Å². The fourth-order valence-corrected chi connectivity index (χ4v) is 7.99. The number of hydrogen-bond donors (Lipinski definition) is 11. The number of phosphoric ester groups is 3. The van der Waals surface area contributed by atoms with Gasteiger partial charge < -0.3 is 62.4 Å². The predicted molar refractivity (Wildman–Crippen MR) is 190 cm³/mol. The number of anilines is 1. The van der Waals surface area contributed by atoms with Crippen molar-refractivity contribution in [1.82, 2.24) is 30.2 Å². The Morgan fingerprint density at radius 1 is 1.04 bits per heavy atom. The highest BCUT2D eigenvalue weighted by Gasteiger charge is 2.50. The first-order valence-electron chi connectivity index (χ1n) is 16.8. The number of hydrogen-bond acceptors (Lipinski definition) is 19. The quantitative estimate of drug-likeness (QED) is 0.0500. The first-order valence-corrected chi connectivity index (χ1v) is 21.3. The zero-order valence-electron chi connectivity index (χ0n) is 30.2. The number of amides is 2. The molecular weight excluding hydrogens is 815 g/mol. The topological polar surface area (TPSA) is 416 Å². The first kappa shape index (κ1) is 47.5. The lowest BCUT2D eigenvalue weighted by Crippen LogP contribution is -2.46. The molecule has 2 aromatic heterocycles. The predicted octanol–water partition coefficient (Wildman–Crippen LogP) is -2.18. The van der Waals surface area contributed by atoms with Gasteiger partial charge in [0.15, 0.2) is 17.7 Å². The maximum absolute atomic E-state index is 12.7. The summed E-state index contributed by atoms with van der Waals surface area (Å²) in [5, 5.41) is 26.3. The minimum Gasteiger partial charge on any atom is -0.386 e. The second-order valence-electron chi connectivity index (χ2n) is 13.3. The van der Waals surface area contributed by atoms with Gasteiger partial charge in [-0.3, -0.25) is 32.5 Å². The number of nitrogens with one attached hydrogen (secondary N) is 2. The third-order valence-corrected chi connectivity index (χ3v) is 11.2. The van der Waals surface area contributed by atoms with Crippen LogP contribution in [-0.4, -0.2) is 130 Å². The van der Waals surface area contributed by atoms with Crippen LogP contribution in [0.4, 0.5) is 5.82 Å². The summed E-state index contributed by atoms with van der Waals surface area (Å²) >= 11 is 0. The summed E-state index contributed by atoms with van der Waals surface area (Å²) in [6, 6.07) is -0.321. The number of nitrogens with zero attached hydrogens (tertiary/aromatic N) is 4. The fraction of sp³-hybridized carbons (Fsp3) is 0.704. The van der Waals surface area contributed by atoms with Crippen LogP contribution in [0.5, 0.6) is 0 Å². The summed E-state index contributed by atoms with van der Waals surface area (Å²) in [4.78, 5) is 87.5. The Hall–Kier alpha value is -2.87. The van der Waals surface area contributed by atoms with E-state index in [0.717, 1.165) is 17.2 Å². The van der Waals surface area contributed by atoms with E-state index in [0.29, 0.717) is 19.4 Å². The van der Waals surface area contributed by atoms with Crippen LogP contribution in [0, 0.1) is 5.41 Å². The van der Waals surface area contributed by atoms with E-state index in [1.54, 1.807) is 0 Å².